The lowest BCUT2D eigenvalue weighted by Gasteiger charge is -2.41. The van der Waals surface area contributed by atoms with Crippen molar-refractivity contribution in [1.29, 1.82) is 0 Å². The number of rotatable bonds is 2. The number of thioether (sulfide) groups is 1. The molecule has 0 unspecified atom stereocenters. The number of hydrogen-bond acceptors (Lipinski definition) is 3. The third-order valence-corrected chi connectivity index (χ3v) is 5.58. The SMILES string of the molecule is CC[C@@H]1c2[nH]c3ccccc3c2C[C@H](C(=O)O)N1C(=S)SC. The summed E-state index contributed by atoms with van der Waals surface area (Å²) in [7, 11) is 0. The number of para-hydroxylation sites is 1. The van der Waals surface area contributed by atoms with Gasteiger partial charge in [-0.05, 0) is 24.3 Å². The molecule has 0 aliphatic carbocycles. The van der Waals surface area contributed by atoms with Crippen molar-refractivity contribution in [3.05, 3.63) is 35.5 Å². The maximum Gasteiger partial charge on any atom is 0.326 e. The van der Waals surface area contributed by atoms with Crippen molar-refractivity contribution in [2.45, 2.75) is 31.8 Å². The molecule has 3 rings (SSSR count). The van der Waals surface area contributed by atoms with Gasteiger partial charge in [0.05, 0.1) is 6.04 Å². The van der Waals surface area contributed by atoms with Crippen molar-refractivity contribution in [3.8, 4) is 0 Å². The molecule has 0 amide bonds. The molecule has 6 heteroatoms. The van der Waals surface area contributed by atoms with Crippen LogP contribution < -0.4 is 0 Å². The van der Waals surface area contributed by atoms with E-state index in [1.165, 1.54) is 11.8 Å². The van der Waals surface area contributed by atoms with E-state index in [4.69, 9.17) is 12.2 Å². The van der Waals surface area contributed by atoms with E-state index >= 15 is 0 Å². The number of carboxylic acid groups (broad SMARTS) is 1. The molecule has 1 aliphatic heterocycles. The van der Waals surface area contributed by atoms with E-state index in [2.05, 4.69) is 18.0 Å². The van der Waals surface area contributed by atoms with Crippen LogP contribution in [-0.4, -0.2) is 37.6 Å². The Morgan fingerprint density at radius 1 is 1.50 bits per heavy atom. The lowest BCUT2D eigenvalue weighted by molar-refractivity contribution is -0.142. The second-order valence-electron chi connectivity index (χ2n) is 5.42. The van der Waals surface area contributed by atoms with Gasteiger partial charge in [-0.15, -0.1) is 11.8 Å². The number of hydrogen-bond donors (Lipinski definition) is 2. The maximum atomic E-state index is 11.8. The van der Waals surface area contributed by atoms with E-state index < -0.39 is 12.0 Å². The molecule has 2 atom stereocenters. The highest BCUT2D eigenvalue weighted by atomic mass is 32.2. The third-order valence-electron chi connectivity index (χ3n) is 4.31. The fourth-order valence-corrected chi connectivity index (χ4v) is 4.06. The molecular formula is C16H18N2O2S2. The standard InChI is InChI=1S/C16H18N2O2S2/c1-3-12-14-10(9-6-4-5-7-11(9)17-14)8-13(15(19)20)18(12)16(21)22-2/h4-7,12-13,17H,3,8H2,1-2H3,(H,19,20)/t12-,13-/m1/s1. The highest BCUT2D eigenvalue weighted by Crippen LogP contribution is 2.40. The fourth-order valence-electron chi connectivity index (χ4n) is 3.34. The number of carbonyl (C=O) groups is 1. The van der Waals surface area contributed by atoms with Crippen LogP contribution in [0.25, 0.3) is 10.9 Å². The molecule has 2 heterocycles. The molecule has 22 heavy (non-hydrogen) atoms. The number of nitrogens with one attached hydrogen (secondary N) is 1. The zero-order chi connectivity index (χ0) is 15.9. The zero-order valence-corrected chi connectivity index (χ0v) is 14.1. The van der Waals surface area contributed by atoms with Crippen molar-refractivity contribution in [2.75, 3.05) is 6.26 Å². The van der Waals surface area contributed by atoms with Gasteiger partial charge in [0.25, 0.3) is 0 Å². The normalized spacial score (nSPS) is 20.9. The topological polar surface area (TPSA) is 56.3 Å². The van der Waals surface area contributed by atoms with Crippen molar-refractivity contribution in [1.82, 2.24) is 9.88 Å². The minimum absolute atomic E-state index is 0.0165. The summed E-state index contributed by atoms with van der Waals surface area (Å²) in [5.41, 5.74) is 3.29. The molecule has 0 radical (unpaired) electrons. The van der Waals surface area contributed by atoms with Crippen molar-refractivity contribution >= 4 is 45.2 Å². The Morgan fingerprint density at radius 2 is 2.23 bits per heavy atom. The molecule has 1 aromatic heterocycles. The summed E-state index contributed by atoms with van der Waals surface area (Å²) in [4.78, 5) is 17.2. The summed E-state index contributed by atoms with van der Waals surface area (Å²) in [6, 6.07) is 7.46. The summed E-state index contributed by atoms with van der Waals surface area (Å²) >= 11 is 6.87. The molecule has 116 valence electrons. The Labute approximate surface area is 138 Å². The molecule has 0 saturated carbocycles. The van der Waals surface area contributed by atoms with Crippen LogP contribution in [0.3, 0.4) is 0 Å². The van der Waals surface area contributed by atoms with Crippen LogP contribution in [0.1, 0.15) is 30.6 Å². The average Bonchev–Trinajstić information content (AvgIpc) is 2.90. The molecule has 1 aromatic carbocycles. The molecule has 0 fully saturated rings. The molecule has 4 nitrogen and oxygen atoms in total. The molecule has 0 spiro atoms. The monoisotopic (exact) mass is 334 g/mol. The number of benzene rings is 1. The van der Waals surface area contributed by atoms with E-state index in [0.29, 0.717) is 10.7 Å². The van der Waals surface area contributed by atoms with Gasteiger partial charge < -0.3 is 15.0 Å². The first-order valence-corrected chi connectivity index (χ1v) is 8.90. The van der Waals surface area contributed by atoms with Gasteiger partial charge in [-0.25, -0.2) is 4.79 Å². The Balaban J connectivity index is 2.19. The second kappa shape index (κ2) is 5.93. The number of aliphatic carboxylic acids is 1. The summed E-state index contributed by atoms with van der Waals surface area (Å²) in [6.07, 6.45) is 3.19. The van der Waals surface area contributed by atoms with Crippen LogP contribution in [0.4, 0.5) is 0 Å². The minimum atomic E-state index is -0.814. The predicted molar refractivity (Wildman–Crippen MR) is 94.4 cm³/mol. The van der Waals surface area contributed by atoms with Crippen LogP contribution >= 0.6 is 24.0 Å². The average molecular weight is 334 g/mol. The lowest BCUT2D eigenvalue weighted by atomic mass is 9.91. The molecule has 0 bridgehead atoms. The van der Waals surface area contributed by atoms with E-state index in [1.807, 2.05) is 29.4 Å². The Bertz CT molecular complexity index is 741. The van der Waals surface area contributed by atoms with E-state index in [0.717, 1.165) is 28.6 Å². The Kier molecular flexibility index (Phi) is 4.14. The Hall–Kier alpha value is -1.53. The van der Waals surface area contributed by atoms with Gasteiger partial charge in [0.2, 0.25) is 0 Å². The third kappa shape index (κ3) is 2.30. The van der Waals surface area contributed by atoms with Crippen LogP contribution in [-0.2, 0) is 11.2 Å². The predicted octanol–water partition coefficient (Wildman–Crippen LogP) is 3.58. The minimum Gasteiger partial charge on any atom is -0.480 e. The maximum absolute atomic E-state index is 11.8. The van der Waals surface area contributed by atoms with E-state index in [9.17, 15) is 9.90 Å². The first-order chi connectivity index (χ1) is 10.6. The summed E-state index contributed by atoms with van der Waals surface area (Å²) in [6.45, 7) is 2.07. The van der Waals surface area contributed by atoms with Gasteiger partial charge in [0, 0.05) is 23.0 Å². The largest absolute Gasteiger partial charge is 0.480 e. The first-order valence-electron chi connectivity index (χ1n) is 7.27. The van der Waals surface area contributed by atoms with Gasteiger partial charge >= 0.3 is 5.97 Å². The summed E-state index contributed by atoms with van der Waals surface area (Å²) in [5.74, 6) is -0.814. The molecule has 2 aromatic rings. The van der Waals surface area contributed by atoms with Crippen molar-refractivity contribution in [2.24, 2.45) is 0 Å². The van der Waals surface area contributed by atoms with Crippen molar-refractivity contribution in [3.63, 3.8) is 0 Å². The van der Waals surface area contributed by atoms with Gasteiger partial charge in [-0.2, -0.15) is 0 Å². The smallest absolute Gasteiger partial charge is 0.326 e. The molecular weight excluding hydrogens is 316 g/mol. The summed E-state index contributed by atoms with van der Waals surface area (Å²) < 4.78 is 0.642. The van der Waals surface area contributed by atoms with Crippen LogP contribution in [0.5, 0.6) is 0 Å². The number of aromatic amines is 1. The quantitative estimate of drug-likeness (QED) is 0.822. The highest BCUT2D eigenvalue weighted by molar-refractivity contribution is 8.22. The molecule has 1 aliphatic rings. The van der Waals surface area contributed by atoms with Gasteiger partial charge in [-0.1, -0.05) is 37.3 Å². The molecule has 0 saturated heterocycles. The number of carboxylic acids is 1. The van der Waals surface area contributed by atoms with Crippen LogP contribution in [0.2, 0.25) is 0 Å². The number of aromatic nitrogens is 1. The molecule has 2 N–H and O–H groups in total. The fraction of sp³-hybridized carbons (Fsp3) is 0.375. The number of thiocarbonyl (C=S) groups is 1. The summed E-state index contributed by atoms with van der Waals surface area (Å²) in [5, 5.41) is 10.8. The van der Waals surface area contributed by atoms with E-state index in [1.54, 1.807) is 0 Å². The Morgan fingerprint density at radius 3 is 2.86 bits per heavy atom. The lowest BCUT2D eigenvalue weighted by Crippen LogP contribution is -2.49. The van der Waals surface area contributed by atoms with Crippen LogP contribution in [0.15, 0.2) is 24.3 Å². The zero-order valence-electron chi connectivity index (χ0n) is 12.5. The second-order valence-corrected chi connectivity index (χ2v) is 6.86. The number of fused-ring (bicyclic) bond motifs is 3. The number of H-pyrrole nitrogens is 1. The first kappa shape index (κ1) is 15.4. The van der Waals surface area contributed by atoms with Gasteiger partial charge in [0.15, 0.2) is 0 Å². The van der Waals surface area contributed by atoms with E-state index in [-0.39, 0.29) is 6.04 Å². The van der Waals surface area contributed by atoms with Crippen LogP contribution in [0, 0.1) is 0 Å². The van der Waals surface area contributed by atoms with Gasteiger partial charge in [-0.3, -0.25) is 0 Å². The van der Waals surface area contributed by atoms with Crippen molar-refractivity contribution < 1.29 is 9.90 Å². The highest BCUT2D eigenvalue weighted by Gasteiger charge is 2.40. The number of nitrogens with zero attached hydrogens (tertiary/aromatic N) is 1. The van der Waals surface area contributed by atoms with Gasteiger partial charge in [0.1, 0.15) is 10.4 Å².